The van der Waals surface area contributed by atoms with Crippen molar-refractivity contribution >= 4 is 23.5 Å². The fourth-order valence-electron chi connectivity index (χ4n) is 2.34. The first kappa shape index (κ1) is 14.0. The molecule has 0 aromatic heterocycles. The van der Waals surface area contributed by atoms with E-state index < -0.39 is 17.8 Å². The van der Waals surface area contributed by atoms with Crippen molar-refractivity contribution < 1.29 is 24.2 Å². The topological polar surface area (TPSA) is 84.9 Å². The summed E-state index contributed by atoms with van der Waals surface area (Å²) in [4.78, 5) is 22.5. The van der Waals surface area contributed by atoms with E-state index in [0.29, 0.717) is 36.2 Å². The van der Waals surface area contributed by atoms with Crippen LogP contribution in [0.3, 0.4) is 0 Å². The molecule has 21 heavy (non-hydrogen) atoms. The molecule has 1 aromatic rings. The Bertz CT molecular complexity index is 603. The monoisotopic (exact) mass is 311 g/mol. The van der Waals surface area contributed by atoms with Crippen LogP contribution in [0.5, 0.6) is 11.5 Å². The molecule has 1 heterocycles. The number of rotatable bonds is 4. The molecule has 2 unspecified atom stereocenters. The standard InChI is InChI=1S/C14H14ClNO5/c15-10-3-7(4-11-12(10)21-2-1-20-11)6-16-13(17)8-5-9(8)14(18)19/h3-4,8-9H,1-2,5-6H2,(H,16,17)(H,18,19). The number of carbonyl (C=O) groups is 2. The third-order valence-electron chi connectivity index (χ3n) is 3.57. The summed E-state index contributed by atoms with van der Waals surface area (Å²) >= 11 is 6.11. The van der Waals surface area contributed by atoms with Crippen LogP contribution >= 0.6 is 11.6 Å². The Balaban J connectivity index is 1.62. The Morgan fingerprint density at radius 2 is 2.05 bits per heavy atom. The van der Waals surface area contributed by atoms with Crippen molar-refractivity contribution in [3.05, 3.63) is 22.7 Å². The fourth-order valence-corrected chi connectivity index (χ4v) is 2.63. The number of hydrogen-bond acceptors (Lipinski definition) is 4. The summed E-state index contributed by atoms with van der Waals surface area (Å²) in [5.41, 5.74) is 0.783. The van der Waals surface area contributed by atoms with Crippen molar-refractivity contribution in [1.29, 1.82) is 0 Å². The summed E-state index contributed by atoms with van der Waals surface area (Å²) < 4.78 is 10.9. The van der Waals surface area contributed by atoms with Crippen molar-refractivity contribution in [3.63, 3.8) is 0 Å². The van der Waals surface area contributed by atoms with Crippen LogP contribution in [0.2, 0.25) is 5.02 Å². The number of ether oxygens (including phenoxy) is 2. The van der Waals surface area contributed by atoms with Gasteiger partial charge >= 0.3 is 5.97 Å². The lowest BCUT2D eigenvalue weighted by molar-refractivity contribution is -0.140. The maximum atomic E-state index is 11.8. The third-order valence-corrected chi connectivity index (χ3v) is 3.85. The Labute approximate surface area is 126 Å². The average Bonchev–Trinajstić information content (AvgIpc) is 3.25. The van der Waals surface area contributed by atoms with Crippen LogP contribution in [0.25, 0.3) is 0 Å². The molecule has 0 radical (unpaired) electrons. The van der Waals surface area contributed by atoms with Gasteiger partial charge in [0.05, 0.1) is 16.9 Å². The van der Waals surface area contributed by atoms with Crippen LogP contribution in [-0.4, -0.2) is 30.2 Å². The summed E-state index contributed by atoms with van der Waals surface area (Å²) in [5.74, 6) is -1.05. The summed E-state index contributed by atoms with van der Waals surface area (Å²) in [6.45, 7) is 1.20. The van der Waals surface area contributed by atoms with Gasteiger partial charge in [0.15, 0.2) is 11.5 Å². The number of amides is 1. The van der Waals surface area contributed by atoms with Gasteiger partial charge in [0.25, 0.3) is 0 Å². The van der Waals surface area contributed by atoms with E-state index in [2.05, 4.69) is 5.32 Å². The fraction of sp³-hybridized carbons (Fsp3) is 0.429. The van der Waals surface area contributed by atoms with E-state index in [1.165, 1.54) is 0 Å². The first-order valence-electron chi connectivity index (χ1n) is 6.65. The molecule has 2 atom stereocenters. The van der Waals surface area contributed by atoms with Gasteiger partial charge in [-0.2, -0.15) is 0 Å². The van der Waals surface area contributed by atoms with Gasteiger partial charge in [-0.1, -0.05) is 11.6 Å². The molecule has 112 valence electrons. The lowest BCUT2D eigenvalue weighted by Crippen LogP contribution is -2.26. The Hall–Kier alpha value is -1.95. The molecule has 1 fully saturated rings. The van der Waals surface area contributed by atoms with E-state index in [0.717, 1.165) is 5.56 Å². The molecular formula is C14H14ClNO5. The van der Waals surface area contributed by atoms with Gasteiger partial charge < -0.3 is 19.9 Å². The predicted octanol–water partition coefficient (Wildman–Crippen LogP) is 1.45. The molecule has 0 spiro atoms. The normalized spacial score (nSPS) is 22.5. The zero-order chi connectivity index (χ0) is 15.0. The van der Waals surface area contributed by atoms with Gasteiger partial charge in [0, 0.05) is 6.54 Å². The molecule has 1 amide bonds. The zero-order valence-corrected chi connectivity index (χ0v) is 11.9. The lowest BCUT2D eigenvalue weighted by Gasteiger charge is -2.20. The molecule has 3 rings (SSSR count). The lowest BCUT2D eigenvalue weighted by atomic mass is 10.2. The zero-order valence-electron chi connectivity index (χ0n) is 11.1. The van der Waals surface area contributed by atoms with Gasteiger partial charge in [-0.05, 0) is 24.1 Å². The summed E-state index contributed by atoms with van der Waals surface area (Å²) in [7, 11) is 0. The summed E-state index contributed by atoms with van der Waals surface area (Å²) in [6, 6.07) is 3.47. The van der Waals surface area contributed by atoms with Crippen LogP contribution in [-0.2, 0) is 16.1 Å². The van der Waals surface area contributed by atoms with Crippen molar-refractivity contribution in [2.75, 3.05) is 13.2 Å². The van der Waals surface area contributed by atoms with Crippen molar-refractivity contribution in [1.82, 2.24) is 5.32 Å². The highest BCUT2D eigenvalue weighted by atomic mass is 35.5. The van der Waals surface area contributed by atoms with Gasteiger partial charge in [0.2, 0.25) is 5.91 Å². The van der Waals surface area contributed by atoms with Gasteiger partial charge in [-0.3, -0.25) is 9.59 Å². The number of aliphatic carboxylic acids is 1. The maximum absolute atomic E-state index is 11.8. The van der Waals surface area contributed by atoms with Gasteiger partial charge in [0.1, 0.15) is 13.2 Å². The molecule has 1 aliphatic carbocycles. The first-order valence-corrected chi connectivity index (χ1v) is 7.02. The Morgan fingerprint density at radius 1 is 1.29 bits per heavy atom. The molecule has 6 nitrogen and oxygen atoms in total. The highest BCUT2D eigenvalue weighted by molar-refractivity contribution is 6.32. The molecule has 1 aliphatic heterocycles. The number of carbonyl (C=O) groups excluding carboxylic acids is 1. The largest absolute Gasteiger partial charge is 0.486 e. The second-order valence-electron chi connectivity index (χ2n) is 5.11. The molecule has 1 aromatic carbocycles. The quantitative estimate of drug-likeness (QED) is 0.879. The SMILES string of the molecule is O=C(O)C1CC1C(=O)NCc1cc(Cl)c2c(c1)OCCO2. The summed E-state index contributed by atoms with van der Waals surface area (Å²) in [5, 5.41) is 12.0. The van der Waals surface area contributed by atoms with Crippen LogP contribution in [0, 0.1) is 11.8 Å². The number of benzene rings is 1. The van der Waals surface area contributed by atoms with Crippen LogP contribution in [0.15, 0.2) is 12.1 Å². The number of hydrogen-bond donors (Lipinski definition) is 2. The van der Waals surface area contributed by atoms with Crippen molar-refractivity contribution in [3.8, 4) is 11.5 Å². The van der Waals surface area contributed by atoms with Crippen molar-refractivity contribution in [2.45, 2.75) is 13.0 Å². The molecule has 0 bridgehead atoms. The molecule has 0 saturated heterocycles. The highest BCUT2D eigenvalue weighted by Crippen LogP contribution is 2.40. The van der Waals surface area contributed by atoms with E-state index in [1.807, 2.05) is 0 Å². The minimum Gasteiger partial charge on any atom is -0.486 e. The number of carboxylic acid groups (broad SMARTS) is 1. The second kappa shape index (κ2) is 5.44. The Morgan fingerprint density at radius 3 is 2.76 bits per heavy atom. The van der Waals surface area contributed by atoms with Crippen LogP contribution < -0.4 is 14.8 Å². The van der Waals surface area contributed by atoms with E-state index in [1.54, 1.807) is 12.1 Å². The van der Waals surface area contributed by atoms with Crippen LogP contribution in [0.1, 0.15) is 12.0 Å². The third kappa shape index (κ3) is 2.90. The number of fused-ring (bicyclic) bond motifs is 1. The van der Waals surface area contributed by atoms with E-state index in [-0.39, 0.29) is 12.5 Å². The van der Waals surface area contributed by atoms with E-state index in [9.17, 15) is 9.59 Å². The Kier molecular flexibility index (Phi) is 3.63. The second-order valence-corrected chi connectivity index (χ2v) is 5.51. The smallest absolute Gasteiger partial charge is 0.307 e. The predicted molar refractivity (Wildman–Crippen MR) is 73.5 cm³/mol. The number of halogens is 1. The first-order chi connectivity index (χ1) is 10.1. The minimum atomic E-state index is -0.919. The van der Waals surface area contributed by atoms with Crippen LogP contribution in [0.4, 0.5) is 0 Å². The summed E-state index contributed by atoms with van der Waals surface area (Å²) in [6.07, 6.45) is 0.406. The minimum absolute atomic E-state index is 0.242. The number of carboxylic acids is 1. The number of nitrogens with one attached hydrogen (secondary N) is 1. The van der Waals surface area contributed by atoms with Gasteiger partial charge in [-0.25, -0.2) is 0 Å². The van der Waals surface area contributed by atoms with Gasteiger partial charge in [-0.15, -0.1) is 0 Å². The average molecular weight is 312 g/mol. The van der Waals surface area contributed by atoms with E-state index in [4.69, 9.17) is 26.2 Å². The highest BCUT2D eigenvalue weighted by Gasteiger charge is 2.48. The molecular weight excluding hydrogens is 298 g/mol. The van der Waals surface area contributed by atoms with Crippen molar-refractivity contribution in [2.24, 2.45) is 11.8 Å². The molecule has 2 aliphatic rings. The molecule has 1 saturated carbocycles. The maximum Gasteiger partial charge on any atom is 0.307 e. The molecule has 7 heteroatoms. The van der Waals surface area contributed by atoms with E-state index >= 15 is 0 Å². The molecule has 2 N–H and O–H groups in total.